The SMILES string of the molecule is CC(C)(C)NC(=O)CN1C(=O)[C@@H]2CCCCN2c2ccc(S(=O)(=O)N3CCCCC3)cc21. The molecule has 0 unspecified atom stereocenters. The van der Waals surface area contributed by atoms with Crippen molar-refractivity contribution in [1.29, 1.82) is 0 Å². The molecular formula is C23H34N4O4S. The molecule has 2 saturated heterocycles. The third-order valence-corrected chi connectivity index (χ3v) is 8.26. The number of nitrogens with zero attached hydrogens (tertiary/aromatic N) is 3. The fraction of sp³-hybridized carbons (Fsp3) is 0.652. The maximum absolute atomic E-state index is 13.4. The second-order valence-corrected chi connectivity index (χ2v) is 12.0. The molecule has 2 fully saturated rings. The number of nitrogens with one attached hydrogen (secondary N) is 1. The van der Waals surface area contributed by atoms with Gasteiger partial charge in [0, 0.05) is 25.2 Å². The van der Waals surface area contributed by atoms with Gasteiger partial charge in [-0.1, -0.05) is 6.42 Å². The standard InChI is InChI=1S/C23H34N4O4S/c1-23(2,3)24-21(28)16-27-20-15-17(32(30,31)25-12-6-4-7-13-25)10-11-18(20)26-14-8-5-9-19(26)22(27)29/h10-11,15,19H,4-9,12-14,16H2,1-3H3,(H,24,28)/t19-/m0/s1. The molecule has 2 amide bonds. The normalized spacial score (nSPS) is 22.3. The summed E-state index contributed by atoms with van der Waals surface area (Å²) in [4.78, 5) is 29.9. The summed E-state index contributed by atoms with van der Waals surface area (Å²) < 4.78 is 28.1. The lowest BCUT2D eigenvalue weighted by atomic mass is 9.96. The summed E-state index contributed by atoms with van der Waals surface area (Å²) in [5.41, 5.74) is 0.917. The molecule has 1 atom stereocenters. The van der Waals surface area contributed by atoms with Gasteiger partial charge in [0.05, 0.1) is 16.3 Å². The largest absolute Gasteiger partial charge is 0.358 e. The average molecular weight is 463 g/mol. The highest BCUT2D eigenvalue weighted by Gasteiger charge is 2.41. The van der Waals surface area contributed by atoms with E-state index in [0.717, 1.165) is 50.8 Å². The zero-order valence-corrected chi connectivity index (χ0v) is 20.1. The number of carbonyl (C=O) groups excluding carboxylic acids is 2. The minimum atomic E-state index is -3.65. The molecule has 0 aliphatic carbocycles. The van der Waals surface area contributed by atoms with E-state index in [1.165, 1.54) is 9.21 Å². The Hall–Kier alpha value is -2.13. The van der Waals surface area contributed by atoms with Crippen molar-refractivity contribution < 1.29 is 18.0 Å². The number of sulfonamides is 1. The average Bonchev–Trinajstić information content (AvgIpc) is 2.75. The van der Waals surface area contributed by atoms with Gasteiger partial charge in [-0.15, -0.1) is 0 Å². The number of piperidine rings is 2. The van der Waals surface area contributed by atoms with Crippen molar-refractivity contribution in [3.8, 4) is 0 Å². The molecule has 32 heavy (non-hydrogen) atoms. The predicted molar refractivity (Wildman–Crippen MR) is 124 cm³/mol. The van der Waals surface area contributed by atoms with Crippen LogP contribution in [0.1, 0.15) is 59.3 Å². The van der Waals surface area contributed by atoms with Crippen molar-refractivity contribution in [2.24, 2.45) is 0 Å². The summed E-state index contributed by atoms with van der Waals surface area (Å²) >= 11 is 0. The third kappa shape index (κ3) is 4.50. The Bertz CT molecular complexity index is 996. The van der Waals surface area contributed by atoms with Gasteiger partial charge in [0.15, 0.2) is 0 Å². The first-order valence-corrected chi connectivity index (χ1v) is 13.1. The van der Waals surface area contributed by atoms with E-state index >= 15 is 0 Å². The van der Waals surface area contributed by atoms with E-state index in [9.17, 15) is 18.0 Å². The van der Waals surface area contributed by atoms with Gasteiger partial charge in [-0.3, -0.25) is 14.5 Å². The molecule has 0 aromatic heterocycles. The second kappa shape index (κ2) is 8.67. The van der Waals surface area contributed by atoms with Gasteiger partial charge >= 0.3 is 0 Å². The van der Waals surface area contributed by atoms with E-state index in [1.807, 2.05) is 26.8 Å². The molecular weight excluding hydrogens is 428 g/mol. The smallest absolute Gasteiger partial charge is 0.250 e. The van der Waals surface area contributed by atoms with Gasteiger partial charge in [0.25, 0.3) is 0 Å². The topological polar surface area (TPSA) is 90.0 Å². The molecule has 9 heteroatoms. The lowest BCUT2D eigenvalue weighted by Crippen LogP contribution is -2.58. The first-order valence-electron chi connectivity index (χ1n) is 11.6. The molecule has 1 aromatic rings. The van der Waals surface area contributed by atoms with E-state index in [0.29, 0.717) is 18.8 Å². The van der Waals surface area contributed by atoms with Gasteiger partial charge < -0.3 is 10.2 Å². The monoisotopic (exact) mass is 462 g/mol. The number of amides is 2. The number of benzene rings is 1. The highest BCUT2D eigenvalue weighted by Crippen LogP contribution is 2.41. The summed E-state index contributed by atoms with van der Waals surface area (Å²) in [6, 6.07) is 4.75. The van der Waals surface area contributed by atoms with E-state index < -0.39 is 15.6 Å². The van der Waals surface area contributed by atoms with E-state index in [-0.39, 0.29) is 29.3 Å². The molecule has 176 valence electrons. The quantitative estimate of drug-likeness (QED) is 0.743. The van der Waals surface area contributed by atoms with Crippen LogP contribution >= 0.6 is 0 Å². The molecule has 3 heterocycles. The maximum atomic E-state index is 13.4. The van der Waals surface area contributed by atoms with Crippen LogP contribution < -0.4 is 15.1 Å². The first kappa shape index (κ1) is 23.0. The van der Waals surface area contributed by atoms with Crippen LogP contribution in [-0.4, -0.2) is 62.3 Å². The van der Waals surface area contributed by atoms with E-state index in [1.54, 1.807) is 12.1 Å². The van der Waals surface area contributed by atoms with Crippen molar-refractivity contribution >= 4 is 33.2 Å². The summed E-state index contributed by atoms with van der Waals surface area (Å²) in [6.45, 7) is 7.34. The Balaban J connectivity index is 1.72. The predicted octanol–water partition coefficient (Wildman–Crippen LogP) is 2.48. The first-order chi connectivity index (χ1) is 15.1. The van der Waals surface area contributed by atoms with Crippen LogP contribution in [0.3, 0.4) is 0 Å². The van der Waals surface area contributed by atoms with E-state index in [4.69, 9.17) is 0 Å². The minimum absolute atomic E-state index is 0.124. The molecule has 4 rings (SSSR count). The number of rotatable bonds is 4. The summed E-state index contributed by atoms with van der Waals surface area (Å²) in [6.07, 6.45) is 5.45. The molecule has 1 aromatic carbocycles. The summed E-state index contributed by atoms with van der Waals surface area (Å²) in [5, 5.41) is 2.91. The lowest BCUT2D eigenvalue weighted by molar-refractivity contribution is -0.125. The van der Waals surface area contributed by atoms with Crippen LogP contribution in [-0.2, 0) is 19.6 Å². The van der Waals surface area contributed by atoms with Crippen LogP contribution in [0.4, 0.5) is 11.4 Å². The van der Waals surface area contributed by atoms with Crippen LogP contribution in [0.5, 0.6) is 0 Å². The number of hydrogen-bond acceptors (Lipinski definition) is 5. The fourth-order valence-corrected chi connectivity index (χ4v) is 6.45. The van der Waals surface area contributed by atoms with Crippen molar-refractivity contribution in [3.63, 3.8) is 0 Å². The Morgan fingerprint density at radius 1 is 1.03 bits per heavy atom. The highest BCUT2D eigenvalue weighted by atomic mass is 32.2. The second-order valence-electron chi connectivity index (χ2n) is 10.0. The van der Waals surface area contributed by atoms with Gasteiger partial charge in [0.1, 0.15) is 12.6 Å². The molecule has 8 nitrogen and oxygen atoms in total. The number of anilines is 2. The van der Waals surface area contributed by atoms with Crippen molar-refractivity contribution in [1.82, 2.24) is 9.62 Å². The van der Waals surface area contributed by atoms with Crippen LogP contribution in [0, 0.1) is 0 Å². The zero-order valence-electron chi connectivity index (χ0n) is 19.3. The third-order valence-electron chi connectivity index (χ3n) is 6.37. The summed E-state index contributed by atoms with van der Waals surface area (Å²) in [7, 11) is -3.65. The van der Waals surface area contributed by atoms with Gasteiger partial charge in [-0.2, -0.15) is 4.31 Å². The molecule has 1 N–H and O–H groups in total. The molecule has 0 bridgehead atoms. The molecule has 0 spiro atoms. The van der Waals surface area contributed by atoms with Crippen molar-refractivity contribution in [2.75, 3.05) is 36.0 Å². The Morgan fingerprint density at radius 2 is 1.72 bits per heavy atom. The van der Waals surface area contributed by atoms with Crippen molar-refractivity contribution in [2.45, 2.75) is 75.8 Å². The molecule has 0 saturated carbocycles. The van der Waals surface area contributed by atoms with E-state index in [2.05, 4.69) is 10.2 Å². The van der Waals surface area contributed by atoms with Crippen molar-refractivity contribution in [3.05, 3.63) is 18.2 Å². The van der Waals surface area contributed by atoms with Crippen LogP contribution in [0.15, 0.2) is 23.1 Å². The fourth-order valence-electron chi connectivity index (χ4n) is 4.92. The zero-order chi connectivity index (χ0) is 23.1. The highest BCUT2D eigenvalue weighted by molar-refractivity contribution is 7.89. The van der Waals surface area contributed by atoms with Gasteiger partial charge in [-0.25, -0.2) is 8.42 Å². The van der Waals surface area contributed by atoms with Gasteiger partial charge in [-0.05, 0) is 71.1 Å². The molecule has 0 radical (unpaired) electrons. The summed E-state index contributed by atoms with van der Waals surface area (Å²) in [5.74, 6) is -0.390. The molecule has 3 aliphatic rings. The Labute approximate surface area is 191 Å². The van der Waals surface area contributed by atoms with Crippen LogP contribution in [0.25, 0.3) is 0 Å². The lowest BCUT2D eigenvalue weighted by Gasteiger charge is -2.45. The molecule has 3 aliphatic heterocycles. The number of fused-ring (bicyclic) bond motifs is 3. The number of carbonyl (C=O) groups is 2. The maximum Gasteiger partial charge on any atom is 0.250 e. The Morgan fingerprint density at radius 3 is 2.41 bits per heavy atom. The minimum Gasteiger partial charge on any atom is -0.358 e. The Kier molecular flexibility index (Phi) is 6.24. The van der Waals surface area contributed by atoms with Crippen LogP contribution in [0.2, 0.25) is 0 Å². The van der Waals surface area contributed by atoms with Gasteiger partial charge in [0.2, 0.25) is 21.8 Å². The number of hydrogen-bond donors (Lipinski definition) is 1.